The molecule has 112 valence electrons. The number of nitrogens with zero attached hydrogens (tertiary/aromatic N) is 2. The van der Waals surface area contributed by atoms with Crippen LogP contribution < -0.4 is 0 Å². The molecule has 0 saturated heterocycles. The van der Waals surface area contributed by atoms with Crippen molar-refractivity contribution in [3.63, 3.8) is 0 Å². The summed E-state index contributed by atoms with van der Waals surface area (Å²) in [5, 5.41) is 19.1. The summed E-state index contributed by atoms with van der Waals surface area (Å²) in [5.74, 6) is 0.433. The Hall–Kier alpha value is -2.13. The van der Waals surface area contributed by atoms with E-state index in [0.29, 0.717) is 24.2 Å². The number of benzene rings is 2. The molecule has 2 aromatic carbocycles. The van der Waals surface area contributed by atoms with Crippen LogP contribution in [0, 0.1) is 0 Å². The van der Waals surface area contributed by atoms with E-state index in [2.05, 4.69) is 9.98 Å². The molecule has 0 amide bonds. The average molecular weight is 327 g/mol. The summed E-state index contributed by atoms with van der Waals surface area (Å²) in [5.41, 5.74) is 1.38. The molecule has 0 aromatic heterocycles. The van der Waals surface area contributed by atoms with Crippen molar-refractivity contribution in [3.05, 3.63) is 59.7 Å². The Morgan fingerprint density at radius 1 is 0.714 bits per heavy atom. The molecule has 0 atom stereocenters. The van der Waals surface area contributed by atoms with Crippen LogP contribution in [-0.4, -0.2) is 35.7 Å². The van der Waals surface area contributed by atoms with Crippen molar-refractivity contribution in [2.75, 3.05) is 13.1 Å². The van der Waals surface area contributed by atoms with E-state index in [1.165, 1.54) is 0 Å². The van der Waals surface area contributed by atoms with Gasteiger partial charge >= 0.3 is 0 Å². The maximum absolute atomic E-state index is 9.54. The molecule has 2 rings (SSSR count). The molecule has 0 radical (unpaired) electrons. The molecule has 2 N–H and O–H groups in total. The second kappa shape index (κ2) is 8.93. The zero-order valence-corrected chi connectivity index (χ0v) is 12.3. The maximum Gasteiger partial charge on any atom is 0.124 e. The third kappa shape index (κ3) is 5.40. The van der Waals surface area contributed by atoms with E-state index in [1.807, 2.05) is 12.1 Å². The van der Waals surface area contributed by atoms with Crippen molar-refractivity contribution in [2.24, 2.45) is 9.98 Å². The van der Waals surface area contributed by atoms with Gasteiger partial charge in [0.05, 0.1) is 13.1 Å². The standard InChI is InChI=1S/C16H16N2O2.Ni/c19-15-7-3-1-5-13(15)11-17-9-10-18-12-14-6-2-4-8-16(14)20;/h1-8,11-12,19-20H,9-10H2;/b17-11+,18-12+;. The molecule has 21 heavy (non-hydrogen) atoms. The Balaban J connectivity index is 0.00000220. The summed E-state index contributed by atoms with van der Waals surface area (Å²) >= 11 is 0. The molecular weight excluding hydrogens is 311 g/mol. The quantitative estimate of drug-likeness (QED) is 0.504. The van der Waals surface area contributed by atoms with E-state index in [1.54, 1.807) is 48.8 Å². The first-order chi connectivity index (χ1) is 9.77. The van der Waals surface area contributed by atoms with Gasteiger partial charge in [-0.2, -0.15) is 0 Å². The fraction of sp³-hybridized carbons (Fsp3) is 0.125. The van der Waals surface area contributed by atoms with Gasteiger partial charge in [0.2, 0.25) is 0 Å². The van der Waals surface area contributed by atoms with Gasteiger partial charge in [-0.15, -0.1) is 0 Å². The SMILES string of the molecule is Oc1ccccc1/C=N/CC/N=C/c1ccccc1O.[Ni]. The van der Waals surface area contributed by atoms with Gasteiger partial charge in [0, 0.05) is 40.0 Å². The minimum absolute atomic E-state index is 0. The van der Waals surface area contributed by atoms with Crippen molar-refractivity contribution in [3.8, 4) is 11.5 Å². The number of rotatable bonds is 5. The zero-order chi connectivity index (χ0) is 14.2. The van der Waals surface area contributed by atoms with E-state index in [9.17, 15) is 10.2 Å². The largest absolute Gasteiger partial charge is 0.507 e. The summed E-state index contributed by atoms with van der Waals surface area (Å²) in [4.78, 5) is 8.39. The molecule has 0 unspecified atom stereocenters. The van der Waals surface area contributed by atoms with Crippen molar-refractivity contribution in [2.45, 2.75) is 0 Å². The van der Waals surface area contributed by atoms with E-state index < -0.39 is 0 Å². The Morgan fingerprint density at radius 3 is 1.48 bits per heavy atom. The molecule has 0 aliphatic rings. The molecule has 0 aliphatic heterocycles. The monoisotopic (exact) mass is 326 g/mol. The number of para-hydroxylation sites is 2. The summed E-state index contributed by atoms with van der Waals surface area (Å²) in [6, 6.07) is 14.1. The van der Waals surface area contributed by atoms with Crippen LogP contribution in [0.1, 0.15) is 11.1 Å². The maximum atomic E-state index is 9.54. The van der Waals surface area contributed by atoms with Crippen molar-refractivity contribution in [1.82, 2.24) is 0 Å². The molecule has 0 heterocycles. The molecule has 0 spiro atoms. The first kappa shape index (κ1) is 16.9. The predicted molar refractivity (Wildman–Crippen MR) is 81.1 cm³/mol. The average Bonchev–Trinajstić information content (AvgIpc) is 2.46. The van der Waals surface area contributed by atoms with Crippen molar-refractivity contribution in [1.29, 1.82) is 0 Å². The van der Waals surface area contributed by atoms with Crippen LogP contribution in [-0.2, 0) is 16.5 Å². The molecule has 2 aromatic rings. The van der Waals surface area contributed by atoms with Crippen LogP contribution in [0.4, 0.5) is 0 Å². The van der Waals surface area contributed by atoms with E-state index >= 15 is 0 Å². The number of phenols is 2. The fourth-order valence-electron chi connectivity index (χ4n) is 1.63. The van der Waals surface area contributed by atoms with Crippen LogP contribution in [0.3, 0.4) is 0 Å². The van der Waals surface area contributed by atoms with E-state index in [4.69, 9.17) is 0 Å². The Labute approximate surface area is 133 Å². The summed E-state index contributed by atoms with van der Waals surface area (Å²) < 4.78 is 0. The van der Waals surface area contributed by atoms with E-state index in [-0.39, 0.29) is 28.0 Å². The normalized spacial score (nSPS) is 10.9. The van der Waals surface area contributed by atoms with Crippen molar-refractivity contribution < 1.29 is 26.7 Å². The zero-order valence-electron chi connectivity index (χ0n) is 11.3. The van der Waals surface area contributed by atoms with Crippen LogP contribution >= 0.6 is 0 Å². The van der Waals surface area contributed by atoms with Gasteiger partial charge in [0.25, 0.3) is 0 Å². The van der Waals surface area contributed by atoms with Gasteiger partial charge in [0.15, 0.2) is 0 Å². The van der Waals surface area contributed by atoms with E-state index in [0.717, 1.165) is 0 Å². The smallest absolute Gasteiger partial charge is 0.124 e. The predicted octanol–water partition coefficient (Wildman–Crippen LogP) is 2.63. The van der Waals surface area contributed by atoms with Crippen molar-refractivity contribution >= 4 is 12.4 Å². The second-order valence-electron chi connectivity index (χ2n) is 4.19. The minimum atomic E-state index is 0. The second-order valence-corrected chi connectivity index (χ2v) is 4.19. The first-order valence-corrected chi connectivity index (χ1v) is 6.33. The molecular formula is C16H16N2NiO2. The first-order valence-electron chi connectivity index (χ1n) is 6.33. The van der Waals surface area contributed by atoms with Gasteiger partial charge in [-0.1, -0.05) is 24.3 Å². The number of aliphatic imine (C=N–C) groups is 2. The van der Waals surface area contributed by atoms with Gasteiger partial charge in [-0.25, -0.2) is 0 Å². The molecule has 0 fully saturated rings. The summed E-state index contributed by atoms with van der Waals surface area (Å²) in [6.07, 6.45) is 3.26. The van der Waals surface area contributed by atoms with Crippen LogP contribution in [0.2, 0.25) is 0 Å². The summed E-state index contributed by atoms with van der Waals surface area (Å²) in [7, 11) is 0. The molecule has 4 nitrogen and oxygen atoms in total. The van der Waals surface area contributed by atoms with Crippen LogP contribution in [0.5, 0.6) is 11.5 Å². The molecule has 5 heteroatoms. The van der Waals surface area contributed by atoms with Gasteiger partial charge < -0.3 is 10.2 Å². The van der Waals surface area contributed by atoms with Crippen LogP contribution in [0.15, 0.2) is 58.5 Å². The number of aromatic hydroxyl groups is 2. The topological polar surface area (TPSA) is 65.2 Å². The Bertz CT molecular complexity index is 572. The van der Waals surface area contributed by atoms with Gasteiger partial charge in [-0.05, 0) is 24.3 Å². The summed E-state index contributed by atoms with van der Waals surface area (Å²) in [6.45, 7) is 1.05. The van der Waals surface area contributed by atoms with Gasteiger partial charge in [-0.3, -0.25) is 9.98 Å². The Morgan fingerprint density at radius 2 is 1.10 bits per heavy atom. The fourth-order valence-corrected chi connectivity index (χ4v) is 1.63. The minimum Gasteiger partial charge on any atom is -0.507 e. The number of hydrogen-bond donors (Lipinski definition) is 2. The van der Waals surface area contributed by atoms with Gasteiger partial charge in [0.1, 0.15) is 11.5 Å². The molecule has 0 saturated carbocycles. The third-order valence-electron chi connectivity index (χ3n) is 2.69. The van der Waals surface area contributed by atoms with Crippen LogP contribution in [0.25, 0.3) is 0 Å². The number of hydrogen-bond acceptors (Lipinski definition) is 4. The third-order valence-corrected chi connectivity index (χ3v) is 2.69. The number of phenolic OH excluding ortho intramolecular Hbond substituents is 2. The molecule has 0 bridgehead atoms. The molecule has 0 aliphatic carbocycles. The Kier molecular flexibility index (Phi) is 7.20.